The molecule has 0 aliphatic rings. The summed E-state index contributed by atoms with van der Waals surface area (Å²) in [5, 5.41) is 2.92. The van der Waals surface area contributed by atoms with Crippen LogP contribution in [0.25, 0.3) is 0 Å². The van der Waals surface area contributed by atoms with Crippen molar-refractivity contribution in [1.29, 1.82) is 0 Å². The number of rotatable bonds is 10. The Labute approximate surface area is 138 Å². The number of para-hydroxylation sites is 1. The Kier molecular flexibility index (Phi) is 9.50. The van der Waals surface area contributed by atoms with Crippen molar-refractivity contribution >= 4 is 18.0 Å². The molecule has 124 valence electrons. The third kappa shape index (κ3) is 7.56. The van der Waals surface area contributed by atoms with Gasteiger partial charge in [0.1, 0.15) is 5.75 Å². The number of likely N-dealkylation sites (N-methyl/N-ethyl adjacent to an activating group) is 1. The molecule has 0 saturated heterocycles. The lowest BCUT2D eigenvalue weighted by atomic mass is 10.3. The molecule has 1 aromatic carbocycles. The van der Waals surface area contributed by atoms with Gasteiger partial charge in [0.25, 0.3) is 0 Å². The summed E-state index contributed by atoms with van der Waals surface area (Å²) in [5.74, 6) is 1.59. The lowest BCUT2D eigenvalue weighted by Crippen LogP contribution is -2.39. The molecule has 1 N–H and O–H groups in total. The summed E-state index contributed by atoms with van der Waals surface area (Å²) in [5.41, 5.74) is 0. The molecule has 0 bridgehead atoms. The molecule has 6 heteroatoms. The van der Waals surface area contributed by atoms with E-state index in [-0.39, 0.29) is 6.03 Å². The highest BCUT2D eigenvalue weighted by atomic mass is 32.2. The summed E-state index contributed by atoms with van der Waals surface area (Å²) in [6.45, 7) is 8.40. The van der Waals surface area contributed by atoms with Crippen LogP contribution in [0.15, 0.2) is 30.3 Å². The van der Waals surface area contributed by atoms with Gasteiger partial charge in [-0.1, -0.05) is 32.0 Å². The second kappa shape index (κ2) is 11.2. The molecule has 0 aliphatic carbocycles. The fourth-order valence-corrected chi connectivity index (χ4v) is 2.49. The topological polar surface area (TPSA) is 44.8 Å². The van der Waals surface area contributed by atoms with Crippen molar-refractivity contribution in [2.75, 3.05) is 45.6 Å². The largest absolute Gasteiger partial charge is 0.493 e. The van der Waals surface area contributed by atoms with Crippen LogP contribution < -0.4 is 10.1 Å². The SMILES string of the molecule is CCN(CC)CCNC(=O)N(C)SCCOc1ccccc1. The number of hydrogen-bond acceptors (Lipinski definition) is 4. The van der Waals surface area contributed by atoms with Crippen molar-refractivity contribution in [1.82, 2.24) is 14.5 Å². The second-order valence-corrected chi connectivity index (χ2v) is 5.97. The van der Waals surface area contributed by atoms with Gasteiger partial charge in [-0.3, -0.25) is 4.31 Å². The fraction of sp³-hybridized carbons (Fsp3) is 0.562. The highest BCUT2D eigenvalue weighted by molar-refractivity contribution is 7.97. The second-order valence-electron chi connectivity index (χ2n) is 4.75. The molecule has 0 radical (unpaired) electrons. The number of nitrogens with one attached hydrogen (secondary N) is 1. The Balaban J connectivity index is 2.11. The number of ether oxygens (including phenoxy) is 1. The minimum atomic E-state index is -0.0585. The van der Waals surface area contributed by atoms with Gasteiger partial charge in [0.15, 0.2) is 0 Å². The maximum Gasteiger partial charge on any atom is 0.327 e. The number of carbonyl (C=O) groups is 1. The normalized spacial score (nSPS) is 10.5. The first-order valence-electron chi connectivity index (χ1n) is 7.72. The van der Waals surface area contributed by atoms with Gasteiger partial charge in [-0.2, -0.15) is 0 Å². The number of benzene rings is 1. The Bertz CT molecular complexity index is 413. The lowest BCUT2D eigenvalue weighted by molar-refractivity contribution is 0.227. The van der Waals surface area contributed by atoms with Crippen LogP contribution in [0.4, 0.5) is 4.79 Å². The summed E-state index contributed by atoms with van der Waals surface area (Å²) in [4.78, 5) is 14.2. The Morgan fingerprint density at radius 1 is 1.23 bits per heavy atom. The van der Waals surface area contributed by atoms with E-state index in [1.54, 1.807) is 11.4 Å². The molecule has 0 atom stereocenters. The highest BCUT2D eigenvalue weighted by Crippen LogP contribution is 2.11. The zero-order valence-corrected chi connectivity index (χ0v) is 14.6. The standard InChI is InChI=1S/C16H27N3O2S/c1-4-19(5-2)12-11-17-16(20)18(3)22-14-13-21-15-9-7-6-8-10-15/h6-10H,4-5,11-14H2,1-3H3,(H,17,20). The van der Waals surface area contributed by atoms with Crippen molar-refractivity contribution in [2.24, 2.45) is 0 Å². The molecule has 0 fully saturated rings. The van der Waals surface area contributed by atoms with Gasteiger partial charge in [0.05, 0.1) is 6.61 Å². The van der Waals surface area contributed by atoms with Crippen LogP contribution in [0.5, 0.6) is 5.75 Å². The molecule has 0 heterocycles. The van der Waals surface area contributed by atoms with Crippen molar-refractivity contribution < 1.29 is 9.53 Å². The first-order chi connectivity index (χ1) is 10.7. The predicted octanol–water partition coefficient (Wildman–Crippen LogP) is 2.70. The van der Waals surface area contributed by atoms with Crippen molar-refractivity contribution in [2.45, 2.75) is 13.8 Å². The van der Waals surface area contributed by atoms with E-state index in [0.717, 1.165) is 31.1 Å². The third-order valence-corrected chi connectivity index (χ3v) is 4.17. The average Bonchev–Trinajstić information content (AvgIpc) is 2.56. The number of urea groups is 1. The molecule has 22 heavy (non-hydrogen) atoms. The Hall–Kier alpha value is -1.40. The van der Waals surface area contributed by atoms with Crippen LogP contribution in [0.3, 0.4) is 0 Å². The van der Waals surface area contributed by atoms with Gasteiger partial charge in [-0.15, -0.1) is 0 Å². The van der Waals surface area contributed by atoms with Crippen LogP contribution in [-0.4, -0.2) is 60.8 Å². The third-order valence-electron chi connectivity index (χ3n) is 3.26. The van der Waals surface area contributed by atoms with E-state index < -0.39 is 0 Å². The van der Waals surface area contributed by atoms with Crippen LogP contribution >= 0.6 is 11.9 Å². The Morgan fingerprint density at radius 3 is 2.55 bits per heavy atom. The number of hydrogen-bond donors (Lipinski definition) is 1. The van der Waals surface area contributed by atoms with E-state index >= 15 is 0 Å². The van der Waals surface area contributed by atoms with Crippen molar-refractivity contribution in [3.05, 3.63) is 30.3 Å². The van der Waals surface area contributed by atoms with Crippen molar-refractivity contribution in [3.8, 4) is 5.75 Å². The maximum absolute atomic E-state index is 11.9. The van der Waals surface area contributed by atoms with Crippen LogP contribution in [0, 0.1) is 0 Å². The van der Waals surface area contributed by atoms with E-state index in [1.165, 1.54) is 11.9 Å². The van der Waals surface area contributed by atoms with E-state index in [9.17, 15) is 4.79 Å². The summed E-state index contributed by atoms with van der Waals surface area (Å²) >= 11 is 1.46. The predicted molar refractivity (Wildman–Crippen MR) is 93.3 cm³/mol. The monoisotopic (exact) mass is 325 g/mol. The molecule has 1 aromatic rings. The summed E-state index contributed by atoms with van der Waals surface area (Å²) < 4.78 is 7.21. The summed E-state index contributed by atoms with van der Waals surface area (Å²) in [6, 6.07) is 9.63. The van der Waals surface area contributed by atoms with Gasteiger partial charge < -0.3 is 15.0 Å². The highest BCUT2D eigenvalue weighted by Gasteiger charge is 2.09. The minimum absolute atomic E-state index is 0.0585. The first kappa shape index (κ1) is 18.6. The van der Waals surface area contributed by atoms with Crippen LogP contribution in [-0.2, 0) is 0 Å². The molecular weight excluding hydrogens is 298 g/mol. The maximum atomic E-state index is 11.9. The van der Waals surface area contributed by atoms with Crippen molar-refractivity contribution in [3.63, 3.8) is 0 Å². The van der Waals surface area contributed by atoms with Gasteiger partial charge in [0.2, 0.25) is 0 Å². The fourth-order valence-electron chi connectivity index (χ4n) is 1.88. The molecular formula is C16H27N3O2S. The number of carbonyl (C=O) groups excluding carboxylic acids is 1. The Morgan fingerprint density at radius 2 is 1.91 bits per heavy atom. The quantitative estimate of drug-likeness (QED) is 0.531. The van der Waals surface area contributed by atoms with E-state index in [2.05, 4.69) is 24.1 Å². The molecule has 0 aromatic heterocycles. The molecule has 0 saturated carbocycles. The van der Waals surface area contributed by atoms with Crippen LogP contribution in [0.1, 0.15) is 13.8 Å². The zero-order chi connectivity index (χ0) is 16.2. The molecule has 0 aliphatic heterocycles. The van der Waals surface area contributed by atoms with Crippen LogP contribution in [0.2, 0.25) is 0 Å². The van der Waals surface area contributed by atoms with Gasteiger partial charge in [-0.05, 0) is 37.2 Å². The van der Waals surface area contributed by atoms with Gasteiger partial charge in [-0.25, -0.2) is 4.79 Å². The lowest BCUT2D eigenvalue weighted by Gasteiger charge is -2.20. The average molecular weight is 325 g/mol. The first-order valence-corrected chi connectivity index (χ1v) is 8.66. The van der Waals surface area contributed by atoms with E-state index in [1.807, 2.05) is 30.3 Å². The molecule has 0 unspecified atom stereocenters. The molecule has 0 spiro atoms. The number of amides is 2. The van der Waals surface area contributed by atoms with Gasteiger partial charge >= 0.3 is 6.03 Å². The molecule has 1 rings (SSSR count). The number of nitrogens with zero attached hydrogens (tertiary/aromatic N) is 2. The molecule has 5 nitrogen and oxygen atoms in total. The smallest absolute Gasteiger partial charge is 0.327 e. The summed E-state index contributed by atoms with van der Waals surface area (Å²) in [6.07, 6.45) is 0. The zero-order valence-electron chi connectivity index (χ0n) is 13.7. The summed E-state index contributed by atoms with van der Waals surface area (Å²) in [7, 11) is 1.78. The van der Waals surface area contributed by atoms with Gasteiger partial charge in [0, 0.05) is 25.9 Å². The van der Waals surface area contributed by atoms with E-state index in [4.69, 9.17) is 4.74 Å². The molecule has 2 amide bonds. The minimum Gasteiger partial charge on any atom is -0.493 e. The van der Waals surface area contributed by atoms with E-state index in [0.29, 0.717) is 13.2 Å².